The monoisotopic (exact) mass is 276 g/mol. The molecule has 20 heavy (non-hydrogen) atoms. The van der Waals surface area contributed by atoms with E-state index in [1.54, 1.807) is 12.1 Å². The largest absolute Gasteiger partial charge is 0.478 e. The quantitative estimate of drug-likeness (QED) is 0.887. The summed E-state index contributed by atoms with van der Waals surface area (Å²) in [5.74, 6) is -0.870. The fourth-order valence-electron chi connectivity index (χ4n) is 2.74. The highest BCUT2D eigenvalue weighted by Gasteiger charge is 2.21. The number of carboxylic acids is 1. The summed E-state index contributed by atoms with van der Waals surface area (Å²) in [5.41, 5.74) is 2.40. The Morgan fingerprint density at radius 2 is 2.00 bits per heavy atom. The molecule has 0 spiro atoms. The van der Waals surface area contributed by atoms with Gasteiger partial charge in [0.15, 0.2) is 0 Å². The lowest BCUT2D eigenvalue weighted by Gasteiger charge is -2.35. The number of hydrogen-bond donors (Lipinski definition) is 2. The van der Waals surface area contributed by atoms with Crippen molar-refractivity contribution in [2.24, 2.45) is 0 Å². The minimum Gasteiger partial charge on any atom is -0.478 e. The van der Waals surface area contributed by atoms with Crippen LogP contribution in [0, 0.1) is 6.92 Å². The molecule has 1 aliphatic heterocycles. The van der Waals surface area contributed by atoms with Crippen LogP contribution < -0.4 is 5.32 Å². The predicted molar refractivity (Wildman–Crippen MR) is 81.5 cm³/mol. The van der Waals surface area contributed by atoms with Gasteiger partial charge in [0.25, 0.3) is 0 Å². The van der Waals surface area contributed by atoms with Gasteiger partial charge in [-0.05, 0) is 57.4 Å². The molecule has 0 unspecified atom stereocenters. The molecule has 0 aromatic heterocycles. The maximum atomic E-state index is 10.9. The number of rotatable bonds is 4. The molecule has 1 aliphatic rings. The van der Waals surface area contributed by atoms with E-state index in [0.29, 0.717) is 17.6 Å². The number of nitrogens with zero attached hydrogens (tertiary/aromatic N) is 1. The number of nitrogens with one attached hydrogen (secondary N) is 1. The number of carbonyl (C=O) groups is 1. The van der Waals surface area contributed by atoms with Crippen LogP contribution in [0.2, 0.25) is 0 Å². The Labute approximate surface area is 120 Å². The molecule has 0 aliphatic carbocycles. The van der Waals surface area contributed by atoms with Gasteiger partial charge in [-0.15, -0.1) is 0 Å². The SMILES string of the molecule is Cc1cc(C(=O)O)ccc1NC1CCN(C(C)C)CC1. The zero-order chi connectivity index (χ0) is 14.7. The average molecular weight is 276 g/mol. The van der Waals surface area contributed by atoms with E-state index in [1.807, 2.05) is 13.0 Å². The molecule has 1 aromatic rings. The van der Waals surface area contributed by atoms with Crippen LogP contribution in [0.15, 0.2) is 18.2 Å². The van der Waals surface area contributed by atoms with Gasteiger partial charge < -0.3 is 15.3 Å². The minimum atomic E-state index is -0.870. The van der Waals surface area contributed by atoms with E-state index in [-0.39, 0.29) is 0 Å². The Morgan fingerprint density at radius 1 is 1.35 bits per heavy atom. The molecule has 2 N–H and O–H groups in total. The number of piperidine rings is 1. The number of anilines is 1. The van der Waals surface area contributed by atoms with Gasteiger partial charge >= 0.3 is 5.97 Å². The Morgan fingerprint density at radius 3 is 2.50 bits per heavy atom. The Balaban J connectivity index is 1.96. The highest BCUT2D eigenvalue weighted by molar-refractivity contribution is 5.88. The third-order valence-electron chi connectivity index (χ3n) is 4.09. The Kier molecular flexibility index (Phi) is 4.65. The van der Waals surface area contributed by atoms with Crippen LogP contribution in [-0.4, -0.2) is 41.1 Å². The molecule has 1 saturated heterocycles. The van der Waals surface area contributed by atoms with Crippen molar-refractivity contribution in [2.75, 3.05) is 18.4 Å². The van der Waals surface area contributed by atoms with Crippen LogP contribution in [0.4, 0.5) is 5.69 Å². The second-order valence-electron chi connectivity index (χ2n) is 5.88. The molecule has 1 heterocycles. The summed E-state index contributed by atoms with van der Waals surface area (Å²) in [6.07, 6.45) is 2.27. The van der Waals surface area contributed by atoms with E-state index < -0.39 is 5.97 Å². The third-order valence-corrected chi connectivity index (χ3v) is 4.09. The first-order valence-corrected chi connectivity index (χ1v) is 7.32. The standard InChI is InChI=1S/C16H24N2O2/c1-11(2)18-8-6-14(7-9-18)17-15-5-4-13(16(19)20)10-12(15)3/h4-5,10-11,14,17H,6-9H2,1-3H3,(H,19,20). The summed E-state index contributed by atoms with van der Waals surface area (Å²) in [4.78, 5) is 13.4. The van der Waals surface area contributed by atoms with Gasteiger partial charge in [-0.2, -0.15) is 0 Å². The number of hydrogen-bond acceptors (Lipinski definition) is 3. The molecule has 0 radical (unpaired) electrons. The maximum absolute atomic E-state index is 10.9. The second kappa shape index (κ2) is 6.27. The van der Waals surface area contributed by atoms with Crippen molar-refractivity contribution in [1.82, 2.24) is 4.90 Å². The third kappa shape index (κ3) is 3.51. The normalized spacial score (nSPS) is 17.4. The fraction of sp³-hybridized carbons (Fsp3) is 0.562. The smallest absolute Gasteiger partial charge is 0.335 e. The van der Waals surface area contributed by atoms with E-state index in [0.717, 1.165) is 37.2 Å². The van der Waals surface area contributed by atoms with Crippen molar-refractivity contribution in [3.63, 3.8) is 0 Å². The van der Waals surface area contributed by atoms with E-state index in [9.17, 15) is 4.79 Å². The van der Waals surface area contributed by atoms with Gasteiger partial charge in [0, 0.05) is 30.9 Å². The molecule has 0 bridgehead atoms. The summed E-state index contributed by atoms with van der Waals surface area (Å²) in [6.45, 7) is 8.69. The molecular weight excluding hydrogens is 252 g/mol. The van der Waals surface area contributed by atoms with Crippen molar-refractivity contribution >= 4 is 11.7 Å². The Hall–Kier alpha value is -1.55. The highest BCUT2D eigenvalue weighted by atomic mass is 16.4. The van der Waals surface area contributed by atoms with Crippen LogP contribution in [0.5, 0.6) is 0 Å². The van der Waals surface area contributed by atoms with E-state index in [2.05, 4.69) is 24.1 Å². The van der Waals surface area contributed by atoms with Gasteiger partial charge in [-0.1, -0.05) is 0 Å². The number of likely N-dealkylation sites (tertiary alicyclic amines) is 1. The van der Waals surface area contributed by atoms with Crippen molar-refractivity contribution in [3.05, 3.63) is 29.3 Å². The van der Waals surface area contributed by atoms with Crippen molar-refractivity contribution < 1.29 is 9.90 Å². The molecule has 4 heteroatoms. The summed E-state index contributed by atoms with van der Waals surface area (Å²) >= 11 is 0. The zero-order valence-corrected chi connectivity index (χ0v) is 12.5. The lowest BCUT2D eigenvalue weighted by molar-refractivity contribution is 0.0697. The zero-order valence-electron chi connectivity index (χ0n) is 12.5. The van der Waals surface area contributed by atoms with Gasteiger partial charge in [0.1, 0.15) is 0 Å². The molecule has 0 amide bonds. The lowest BCUT2D eigenvalue weighted by atomic mass is 10.0. The summed E-state index contributed by atoms with van der Waals surface area (Å²) in [7, 11) is 0. The molecule has 0 saturated carbocycles. The topological polar surface area (TPSA) is 52.6 Å². The van der Waals surface area contributed by atoms with E-state index in [1.165, 1.54) is 0 Å². The van der Waals surface area contributed by atoms with Gasteiger partial charge in [-0.3, -0.25) is 0 Å². The summed E-state index contributed by atoms with van der Waals surface area (Å²) < 4.78 is 0. The first-order chi connectivity index (χ1) is 9.47. The predicted octanol–water partition coefficient (Wildman–Crippen LogP) is 2.98. The fourth-order valence-corrected chi connectivity index (χ4v) is 2.74. The molecule has 0 atom stereocenters. The molecule has 4 nitrogen and oxygen atoms in total. The van der Waals surface area contributed by atoms with Crippen molar-refractivity contribution in [2.45, 2.75) is 45.7 Å². The molecule has 2 rings (SSSR count). The number of aryl methyl sites for hydroxylation is 1. The molecular formula is C16H24N2O2. The van der Waals surface area contributed by atoms with E-state index in [4.69, 9.17) is 5.11 Å². The minimum absolute atomic E-state index is 0.350. The summed E-state index contributed by atoms with van der Waals surface area (Å²) in [6, 6.07) is 6.38. The van der Waals surface area contributed by atoms with Crippen molar-refractivity contribution in [1.29, 1.82) is 0 Å². The molecule has 1 aromatic carbocycles. The van der Waals surface area contributed by atoms with Crippen LogP contribution in [-0.2, 0) is 0 Å². The Bertz CT molecular complexity index is 477. The van der Waals surface area contributed by atoms with Gasteiger partial charge in [-0.25, -0.2) is 4.79 Å². The number of benzene rings is 1. The first-order valence-electron chi connectivity index (χ1n) is 7.32. The molecule has 1 fully saturated rings. The average Bonchev–Trinajstić information content (AvgIpc) is 2.41. The van der Waals surface area contributed by atoms with Gasteiger partial charge in [0.05, 0.1) is 5.56 Å². The first kappa shape index (κ1) is 14.9. The van der Waals surface area contributed by atoms with Crippen LogP contribution in [0.1, 0.15) is 42.6 Å². The molecule has 110 valence electrons. The maximum Gasteiger partial charge on any atom is 0.335 e. The van der Waals surface area contributed by atoms with Crippen LogP contribution in [0.3, 0.4) is 0 Å². The highest BCUT2D eigenvalue weighted by Crippen LogP contribution is 2.21. The van der Waals surface area contributed by atoms with Crippen LogP contribution in [0.25, 0.3) is 0 Å². The lowest BCUT2D eigenvalue weighted by Crippen LogP contribution is -2.42. The van der Waals surface area contributed by atoms with E-state index >= 15 is 0 Å². The number of aromatic carboxylic acids is 1. The second-order valence-corrected chi connectivity index (χ2v) is 5.88. The van der Waals surface area contributed by atoms with Crippen LogP contribution >= 0.6 is 0 Å². The van der Waals surface area contributed by atoms with Gasteiger partial charge in [0.2, 0.25) is 0 Å². The van der Waals surface area contributed by atoms with Crippen molar-refractivity contribution in [3.8, 4) is 0 Å². The number of carboxylic acid groups (broad SMARTS) is 1. The summed E-state index contributed by atoms with van der Waals surface area (Å²) in [5, 5.41) is 12.5.